The number of benzene rings is 1. The van der Waals surface area contributed by atoms with Gasteiger partial charge in [-0.3, -0.25) is 0 Å². The lowest BCUT2D eigenvalue weighted by Crippen LogP contribution is -2.29. The van der Waals surface area contributed by atoms with E-state index in [1.54, 1.807) is 0 Å². The summed E-state index contributed by atoms with van der Waals surface area (Å²) < 4.78 is 0. The Bertz CT molecular complexity index is 731. The van der Waals surface area contributed by atoms with Crippen molar-refractivity contribution < 1.29 is 0 Å². The highest BCUT2D eigenvalue weighted by Crippen LogP contribution is 2.20. The summed E-state index contributed by atoms with van der Waals surface area (Å²) in [5, 5.41) is 7.40. The van der Waals surface area contributed by atoms with Gasteiger partial charge in [-0.15, -0.1) is 0 Å². The minimum absolute atomic E-state index is 0.480. The Kier molecular flexibility index (Phi) is 5.48. The summed E-state index contributed by atoms with van der Waals surface area (Å²) in [4.78, 5) is 11.3. The van der Waals surface area contributed by atoms with E-state index in [0.717, 1.165) is 35.2 Å². The molecule has 0 aliphatic carbocycles. The van der Waals surface area contributed by atoms with E-state index in [-0.39, 0.29) is 0 Å². The summed E-state index contributed by atoms with van der Waals surface area (Å²) in [5.74, 6) is 1.48. The number of halogens is 1. The molecule has 0 spiro atoms. The molecule has 1 aliphatic rings. The molecule has 1 saturated heterocycles. The number of rotatable bonds is 4. The van der Waals surface area contributed by atoms with Crippen LogP contribution < -0.4 is 15.5 Å². The number of nitrogens with one attached hydrogen (secondary N) is 2. The monoisotopic (exact) mass is 361 g/mol. The van der Waals surface area contributed by atoms with Crippen LogP contribution >= 0.6 is 23.8 Å². The highest BCUT2D eigenvalue weighted by Gasteiger charge is 2.15. The standard InChI is InChI=1S/C17H20ClN5S/c1-12-10-15(23-8-4-5-9-23)21-16(20-12)22-17(24)19-11-13-6-2-3-7-14(13)18/h2-3,6-7,10H,4-5,8-9,11H2,1H3,(H2,19,20,21,22,24). The van der Waals surface area contributed by atoms with E-state index in [1.807, 2.05) is 37.3 Å². The van der Waals surface area contributed by atoms with Gasteiger partial charge in [0.1, 0.15) is 5.82 Å². The van der Waals surface area contributed by atoms with Crippen LogP contribution in [0, 0.1) is 6.92 Å². The molecule has 1 aromatic heterocycles. The molecule has 1 aromatic carbocycles. The first-order valence-corrected chi connectivity index (χ1v) is 8.79. The molecule has 0 bridgehead atoms. The van der Waals surface area contributed by atoms with Crippen LogP contribution in [0.15, 0.2) is 30.3 Å². The third kappa shape index (κ3) is 4.33. The van der Waals surface area contributed by atoms with Crippen LogP contribution in [0.5, 0.6) is 0 Å². The lowest BCUT2D eigenvalue weighted by atomic mass is 10.2. The van der Waals surface area contributed by atoms with E-state index < -0.39 is 0 Å². The summed E-state index contributed by atoms with van der Waals surface area (Å²) in [6.07, 6.45) is 2.42. The molecule has 0 radical (unpaired) electrons. The van der Waals surface area contributed by atoms with E-state index in [9.17, 15) is 0 Å². The molecule has 2 N–H and O–H groups in total. The number of aryl methyl sites for hydroxylation is 1. The molecule has 126 valence electrons. The number of aromatic nitrogens is 2. The van der Waals surface area contributed by atoms with Crippen molar-refractivity contribution in [1.82, 2.24) is 15.3 Å². The molecular weight excluding hydrogens is 342 g/mol. The lowest BCUT2D eigenvalue weighted by molar-refractivity contribution is 0.912. The molecular formula is C17H20ClN5S. The summed E-state index contributed by atoms with van der Waals surface area (Å²) in [7, 11) is 0. The van der Waals surface area contributed by atoms with Gasteiger partial charge in [0.2, 0.25) is 5.95 Å². The molecule has 0 amide bonds. The molecule has 2 aromatic rings. The Morgan fingerprint density at radius 3 is 2.75 bits per heavy atom. The molecule has 0 unspecified atom stereocenters. The van der Waals surface area contributed by atoms with E-state index in [4.69, 9.17) is 23.8 Å². The fourth-order valence-corrected chi connectivity index (χ4v) is 3.05. The van der Waals surface area contributed by atoms with Gasteiger partial charge in [-0.2, -0.15) is 4.98 Å². The maximum absolute atomic E-state index is 6.15. The molecule has 1 fully saturated rings. The fourth-order valence-electron chi connectivity index (χ4n) is 2.68. The van der Waals surface area contributed by atoms with Crippen molar-refractivity contribution in [3.8, 4) is 0 Å². The topological polar surface area (TPSA) is 53.1 Å². The summed E-state index contributed by atoms with van der Waals surface area (Å²) in [5.41, 5.74) is 1.91. The number of hydrogen-bond acceptors (Lipinski definition) is 4. The third-order valence-electron chi connectivity index (χ3n) is 3.89. The molecule has 0 atom stereocenters. The van der Waals surface area contributed by atoms with Crippen LogP contribution in [0.3, 0.4) is 0 Å². The molecule has 2 heterocycles. The van der Waals surface area contributed by atoms with Gasteiger partial charge in [-0.25, -0.2) is 4.98 Å². The zero-order valence-electron chi connectivity index (χ0n) is 13.6. The van der Waals surface area contributed by atoms with Gasteiger partial charge in [0, 0.05) is 36.4 Å². The SMILES string of the molecule is Cc1cc(N2CCCC2)nc(NC(=S)NCc2ccccc2Cl)n1. The van der Waals surface area contributed by atoms with Crippen molar-refractivity contribution in [2.24, 2.45) is 0 Å². The average molecular weight is 362 g/mol. The Hall–Kier alpha value is -1.92. The molecule has 1 aliphatic heterocycles. The van der Waals surface area contributed by atoms with Crippen LogP contribution in [-0.4, -0.2) is 28.2 Å². The Labute approximate surface area is 152 Å². The third-order valence-corrected chi connectivity index (χ3v) is 4.51. The maximum atomic E-state index is 6.15. The van der Waals surface area contributed by atoms with Gasteiger partial charge in [-0.05, 0) is 43.6 Å². The molecule has 0 saturated carbocycles. The quantitative estimate of drug-likeness (QED) is 0.812. The van der Waals surface area contributed by atoms with Crippen molar-refractivity contribution in [1.29, 1.82) is 0 Å². The van der Waals surface area contributed by atoms with Crippen LogP contribution in [-0.2, 0) is 6.54 Å². The Morgan fingerprint density at radius 2 is 2.00 bits per heavy atom. The number of hydrogen-bond donors (Lipinski definition) is 2. The first kappa shape index (κ1) is 16.9. The van der Waals surface area contributed by atoms with Gasteiger partial charge in [0.05, 0.1) is 0 Å². The second-order valence-corrected chi connectivity index (χ2v) is 6.60. The summed E-state index contributed by atoms with van der Waals surface area (Å²) in [6, 6.07) is 9.69. The normalized spacial score (nSPS) is 13.8. The van der Waals surface area contributed by atoms with Gasteiger partial charge in [0.25, 0.3) is 0 Å². The molecule has 24 heavy (non-hydrogen) atoms. The van der Waals surface area contributed by atoms with Crippen LogP contribution in [0.2, 0.25) is 5.02 Å². The van der Waals surface area contributed by atoms with Gasteiger partial charge in [0.15, 0.2) is 5.11 Å². The summed E-state index contributed by atoms with van der Waals surface area (Å²) >= 11 is 11.5. The van der Waals surface area contributed by atoms with E-state index in [0.29, 0.717) is 17.6 Å². The second kappa shape index (κ2) is 7.77. The van der Waals surface area contributed by atoms with Crippen molar-refractivity contribution in [2.45, 2.75) is 26.3 Å². The molecule has 5 nitrogen and oxygen atoms in total. The van der Waals surface area contributed by atoms with Crippen molar-refractivity contribution in [3.05, 3.63) is 46.6 Å². The molecule has 7 heteroatoms. The minimum Gasteiger partial charge on any atom is -0.358 e. The van der Waals surface area contributed by atoms with Crippen LogP contribution in [0.4, 0.5) is 11.8 Å². The van der Waals surface area contributed by atoms with Crippen LogP contribution in [0.1, 0.15) is 24.1 Å². The predicted molar refractivity (Wildman–Crippen MR) is 103 cm³/mol. The number of thiocarbonyl (C=S) groups is 1. The first-order chi connectivity index (χ1) is 11.6. The highest BCUT2D eigenvalue weighted by molar-refractivity contribution is 7.80. The number of nitrogens with zero attached hydrogens (tertiary/aromatic N) is 3. The Balaban J connectivity index is 1.62. The minimum atomic E-state index is 0.480. The van der Waals surface area contributed by atoms with Gasteiger partial charge < -0.3 is 15.5 Å². The van der Waals surface area contributed by atoms with Crippen molar-refractivity contribution in [2.75, 3.05) is 23.3 Å². The summed E-state index contributed by atoms with van der Waals surface area (Å²) in [6.45, 7) is 4.61. The second-order valence-electron chi connectivity index (χ2n) is 5.78. The predicted octanol–water partition coefficient (Wildman–Crippen LogP) is 3.53. The first-order valence-electron chi connectivity index (χ1n) is 8.01. The van der Waals surface area contributed by atoms with E-state index >= 15 is 0 Å². The average Bonchev–Trinajstić information content (AvgIpc) is 3.08. The smallest absolute Gasteiger partial charge is 0.231 e. The zero-order valence-corrected chi connectivity index (χ0v) is 15.1. The van der Waals surface area contributed by atoms with E-state index in [2.05, 4.69) is 25.5 Å². The maximum Gasteiger partial charge on any atom is 0.231 e. The molecule has 3 rings (SSSR count). The van der Waals surface area contributed by atoms with Crippen molar-refractivity contribution in [3.63, 3.8) is 0 Å². The van der Waals surface area contributed by atoms with Crippen LogP contribution in [0.25, 0.3) is 0 Å². The largest absolute Gasteiger partial charge is 0.358 e. The van der Waals surface area contributed by atoms with E-state index in [1.165, 1.54) is 12.8 Å². The van der Waals surface area contributed by atoms with Gasteiger partial charge in [-0.1, -0.05) is 29.8 Å². The number of anilines is 2. The van der Waals surface area contributed by atoms with Gasteiger partial charge >= 0.3 is 0 Å². The zero-order chi connectivity index (χ0) is 16.9. The lowest BCUT2D eigenvalue weighted by Gasteiger charge is -2.18. The highest BCUT2D eigenvalue weighted by atomic mass is 35.5. The van der Waals surface area contributed by atoms with Crippen molar-refractivity contribution >= 4 is 40.7 Å². The fraction of sp³-hybridized carbons (Fsp3) is 0.353. The Morgan fingerprint density at radius 1 is 1.25 bits per heavy atom.